The molecule has 12 heteroatoms. The van der Waals surface area contributed by atoms with Crippen molar-refractivity contribution in [2.24, 2.45) is 0 Å². The molecule has 2 heterocycles. The number of rotatable bonds is 7. The Hall–Kier alpha value is -4.58. The van der Waals surface area contributed by atoms with Crippen molar-refractivity contribution in [1.82, 2.24) is 4.98 Å². The number of aliphatic hydroxyl groups excluding tert-OH is 1. The average Bonchev–Trinajstić information content (AvgIpc) is 3.40. The largest absolute Gasteiger partial charge is 0.507 e. The van der Waals surface area contributed by atoms with E-state index in [9.17, 15) is 29.6 Å². The van der Waals surface area contributed by atoms with E-state index in [2.05, 4.69) is 4.98 Å². The Bertz CT molecular complexity index is 1440. The smallest absolute Gasteiger partial charge is 0.350 e. The van der Waals surface area contributed by atoms with Crippen molar-refractivity contribution in [1.29, 1.82) is 0 Å². The minimum Gasteiger partial charge on any atom is -0.507 e. The molecule has 1 unspecified atom stereocenters. The van der Waals surface area contributed by atoms with E-state index in [1.807, 2.05) is 0 Å². The molecule has 1 atom stereocenters. The summed E-state index contributed by atoms with van der Waals surface area (Å²) in [5.41, 5.74) is 0.421. The number of ether oxygens (including phenoxy) is 2. The van der Waals surface area contributed by atoms with Gasteiger partial charge in [-0.3, -0.25) is 24.6 Å². The number of carbonyl (C=O) groups excluding carboxylic acids is 3. The Labute approximate surface area is 214 Å². The van der Waals surface area contributed by atoms with Gasteiger partial charge in [0, 0.05) is 17.7 Å². The minimum absolute atomic E-state index is 0.0328. The molecule has 0 bridgehead atoms. The van der Waals surface area contributed by atoms with Crippen LogP contribution in [0.3, 0.4) is 0 Å². The van der Waals surface area contributed by atoms with Crippen LogP contribution in [0.15, 0.2) is 54.1 Å². The first-order chi connectivity index (χ1) is 17.7. The van der Waals surface area contributed by atoms with Gasteiger partial charge in [0.1, 0.15) is 16.4 Å². The van der Waals surface area contributed by atoms with Gasteiger partial charge >= 0.3 is 11.9 Å². The number of esters is 1. The summed E-state index contributed by atoms with van der Waals surface area (Å²) in [5, 5.41) is 22.5. The van der Waals surface area contributed by atoms with E-state index in [0.717, 1.165) is 16.2 Å². The second-order valence-electron chi connectivity index (χ2n) is 7.88. The summed E-state index contributed by atoms with van der Waals surface area (Å²) in [6, 6.07) is 10.5. The fourth-order valence-electron chi connectivity index (χ4n) is 3.95. The number of nitro benzene ring substituents is 1. The number of anilines is 1. The number of nitrogens with zero attached hydrogens (tertiary/aromatic N) is 3. The summed E-state index contributed by atoms with van der Waals surface area (Å²) in [6.07, 6.45) is 0. The number of aliphatic hydroxyl groups is 1. The van der Waals surface area contributed by atoms with E-state index in [-0.39, 0.29) is 26.8 Å². The molecule has 0 saturated carbocycles. The van der Waals surface area contributed by atoms with E-state index in [1.165, 1.54) is 37.4 Å². The molecule has 2 aromatic carbocycles. The van der Waals surface area contributed by atoms with Crippen LogP contribution < -0.4 is 9.64 Å². The van der Waals surface area contributed by atoms with Crippen LogP contribution in [-0.4, -0.2) is 46.4 Å². The number of hydrogen-bond donors (Lipinski definition) is 1. The number of hydrogen-bond acceptors (Lipinski definition) is 10. The topological polar surface area (TPSA) is 149 Å². The number of non-ortho nitro benzene ring substituents is 1. The standard InChI is InChI=1S/C25H21N3O8S/c1-4-36-17-7-5-6-15(12-17)20(29)18-19(14-8-10-16(11-9-14)28(33)34)27(23(31)21(18)30)25-26-13(2)22(37-25)24(32)35-3/h5-12,19,29H,4H2,1-3H3. The Balaban J connectivity index is 1.92. The molecule has 1 N–H and O–H groups in total. The minimum atomic E-state index is -1.17. The SMILES string of the molecule is CCOc1cccc(C(O)=C2C(=O)C(=O)N(c3nc(C)c(C(=O)OC)s3)C2c2ccc([N+](=O)[O-])cc2)c1. The van der Waals surface area contributed by atoms with Crippen LogP contribution in [0.4, 0.5) is 10.8 Å². The quantitative estimate of drug-likeness (QED) is 0.120. The molecule has 0 aliphatic carbocycles. The molecule has 1 fully saturated rings. The first-order valence-corrected chi connectivity index (χ1v) is 11.8. The normalized spacial score (nSPS) is 16.6. The van der Waals surface area contributed by atoms with Crippen LogP contribution in [0.25, 0.3) is 5.76 Å². The van der Waals surface area contributed by atoms with Gasteiger partial charge in [-0.1, -0.05) is 23.5 Å². The number of amides is 1. The molecular formula is C25H21N3O8S. The molecule has 11 nitrogen and oxygen atoms in total. The molecule has 1 amide bonds. The second-order valence-corrected chi connectivity index (χ2v) is 8.86. The first-order valence-electron chi connectivity index (χ1n) is 11.0. The molecule has 3 aromatic rings. The zero-order chi connectivity index (χ0) is 26.9. The molecule has 4 rings (SSSR count). The highest BCUT2D eigenvalue weighted by Gasteiger charge is 2.48. The lowest BCUT2D eigenvalue weighted by Gasteiger charge is -2.23. The Morgan fingerprint density at radius 1 is 1.22 bits per heavy atom. The van der Waals surface area contributed by atoms with Crippen LogP contribution in [-0.2, 0) is 14.3 Å². The Morgan fingerprint density at radius 2 is 1.92 bits per heavy atom. The highest BCUT2D eigenvalue weighted by atomic mass is 32.1. The molecule has 0 radical (unpaired) electrons. The van der Waals surface area contributed by atoms with Gasteiger partial charge in [-0.25, -0.2) is 9.78 Å². The third kappa shape index (κ3) is 4.66. The van der Waals surface area contributed by atoms with Crippen molar-refractivity contribution in [3.8, 4) is 5.75 Å². The van der Waals surface area contributed by atoms with Crippen molar-refractivity contribution in [3.63, 3.8) is 0 Å². The van der Waals surface area contributed by atoms with E-state index in [0.29, 0.717) is 23.6 Å². The van der Waals surface area contributed by atoms with Gasteiger partial charge in [0.25, 0.3) is 11.5 Å². The fraction of sp³-hybridized carbons (Fsp3) is 0.200. The van der Waals surface area contributed by atoms with Crippen LogP contribution >= 0.6 is 11.3 Å². The highest BCUT2D eigenvalue weighted by molar-refractivity contribution is 7.17. The summed E-state index contributed by atoms with van der Waals surface area (Å²) >= 11 is 0.855. The molecule has 1 aromatic heterocycles. The van der Waals surface area contributed by atoms with E-state index < -0.39 is 34.4 Å². The molecule has 0 spiro atoms. The van der Waals surface area contributed by atoms with Crippen molar-refractivity contribution in [2.75, 3.05) is 18.6 Å². The van der Waals surface area contributed by atoms with Gasteiger partial charge in [0.05, 0.1) is 35.9 Å². The zero-order valence-electron chi connectivity index (χ0n) is 20.0. The van der Waals surface area contributed by atoms with E-state index >= 15 is 0 Å². The fourth-order valence-corrected chi connectivity index (χ4v) is 4.96. The lowest BCUT2D eigenvalue weighted by molar-refractivity contribution is -0.384. The summed E-state index contributed by atoms with van der Waals surface area (Å²) in [7, 11) is 1.21. The third-order valence-electron chi connectivity index (χ3n) is 5.64. The number of aromatic nitrogens is 1. The lowest BCUT2D eigenvalue weighted by atomic mass is 9.95. The van der Waals surface area contributed by atoms with E-state index in [4.69, 9.17) is 9.47 Å². The van der Waals surface area contributed by atoms with Gasteiger partial charge in [-0.2, -0.15) is 0 Å². The maximum Gasteiger partial charge on any atom is 0.350 e. The van der Waals surface area contributed by atoms with Crippen LogP contribution in [0.1, 0.15) is 39.5 Å². The summed E-state index contributed by atoms with van der Waals surface area (Å²) in [5.74, 6) is -2.61. The van der Waals surface area contributed by atoms with Crippen molar-refractivity contribution >= 4 is 45.6 Å². The van der Waals surface area contributed by atoms with Crippen LogP contribution in [0.5, 0.6) is 5.75 Å². The Morgan fingerprint density at radius 3 is 2.54 bits per heavy atom. The predicted octanol–water partition coefficient (Wildman–Crippen LogP) is 4.17. The van der Waals surface area contributed by atoms with Gasteiger partial charge in [-0.15, -0.1) is 0 Å². The third-order valence-corrected chi connectivity index (χ3v) is 6.78. The Kier molecular flexibility index (Phi) is 7.02. The number of methoxy groups -OCH3 is 1. The summed E-state index contributed by atoms with van der Waals surface area (Å²) in [4.78, 5) is 54.9. The van der Waals surface area contributed by atoms with Crippen molar-refractivity contribution in [2.45, 2.75) is 19.9 Å². The van der Waals surface area contributed by atoms with Gasteiger partial charge < -0.3 is 14.6 Å². The number of benzene rings is 2. The van der Waals surface area contributed by atoms with Gasteiger partial charge in [-0.05, 0) is 43.7 Å². The van der Waals surface area contributed by atoms with Crippen molar-refractivity contribution in [3.05, 3.63) is 85.9 Å². The molecule has 1 aliphatic heterocycles. The average molecular weight is 524 g/mol. The summed E-state index contributed by atoms with van der Waals surface area (Å²) in [6.45, 7) is 3.73. The van der Waals surface area contributed by atoms with Crippen molar-refractivity contribution < 1.29 is 33.9 Å². The zero-order valence-corrected chi connectivity index (χ0v) is 20.8. The molecule has 190 valence electrons. The number of aryl methyl sites for hydroxylation is 1. The number of nitro groups is 1. The number of thiazole rings is 1. The second kappa shape index (κ2) is 10.2. The number of ketones is 1. The predicted molar refractivity (Wildman–Crippen MR) is 134 cm³/mol. The van der Waals surface area contributed by atoms with Crippen LogP contribution in [0.2, 0.25) is 0 Å². The first kappa shape index (κ1) is 25.5. The lowest BCUT2D eigenvalue weighted by Crippen LogP contribution is -2.29. The monoisotopic (exact) mass is 523 g/mol. The van der Waals surface area contributed by atoms with Gasteiger partial charge in [0.2, 0.25) is 0 Å². The van der Waals surface area contributed by atoms with E-state index in [1.54, 1.807) is 32.0 Å². The van der Waals surface area contributed by atoms with Crippen LogP contribution in [0, 0.1) is 17.0 Å². The number of carbonyl (C=O) groups is 3. The maximum absolute atomic E-state index is 13.3. The summed E-state index contributed by atoms with van der Waals surface area (Å²) < 4.78 is 10.3. The van der Waals surface area contributed by atoms with Gasteiger partial charge in [0.15, 0.2) is 5.13 Å². The molecular weight excluding hydrogens is 502 g/mol. The number of Topliss-reactive ketones (excluding diaryl/α,β-unsaturated/α-hetero) is 1. The highest BCUT2D eigenvalue weighted by Crippen LogP contribution is 2.44. The molecule has 1 aliphatic rings. The molecule has 1 saturated heterocycles. The maximum atomic E-state index is 13.3. The molecule has 37 heavy (non-hydrogen) atoms.